The number of hydrogen-bond donors (Lipinski definition) is 1. The summed E-state index contributed by atoms with van der Waals surface area (Å²) in [5, 5.41) is 3.89. The molecule has 158 valence electrons. The second-order valence-corrected chi connectivity index (χ2v) is 8.90. The van der Waals surface area contributed by atoms with Crippen molar-refractivity contribution in [1.29, 1.82) is 0 Å². The van der Waals surface area contributed by atoms with Crippen molar-refractivity contribution in [3.05, 3.63) is 45.8 Å². The van der Waals surface area contributed by atoms with Crippen LogP contribution in [-0.2, 0) is 17.7 Å². The molecule has 1 aromatic heterocycles. The molecule has 0 spiro atoms. The fourth-order valence-electron chi connectivity index (χ4n) is 3.87. The molecule has 0 radical (unpaired) electrons. The second kappa shape index (κ2) is 8.99. The van der Waals surface area contributed by atoms with Gasteiger partial charge in [-0.2, -0.15) is 0 Å². The lowest BCUT2D eigenvalue weighted by Gasteiger charge is -2.33. The Balaban J connectivity index is 1.65. The van der Waals surface area contributed by atoms with Gasteiger partial charge in [0.2, 0.25) is 0 Å². The minimum atomic E-state index is -0.490. The molecule has 2 aromatic rings. The average Bonchev–Trinajstić information content (AvgIpc) is 2.64. The Labute approximate surface area is 172 Å². The van der Waals surface area contributed by atoms with E-state index in [0.29, 0.717) is 24.6 Å². The summed E-state index contributed by atoms with van der Waals surface area (Å²) in [7, 11) is 0. The van der Waals surface area contributed by atoms with Crippen molar-refractivity contribution < 1.29 is 13.9 Å². The van der Waals surface area contributed by atoms with E-state index in [0.717, 1.165) is 48.9 Å². The number of amides is 1. The zero-order chi connectivity index (χ0) is 21.0. The molecule has 0 aliphatic carbocycles. The first-order chi connectivity index (χ1) is 13.7. The molecule has 1 unspecified atom stereocenters. The van der Waals surface area contributed by atoms with E-state index >= 15 is 0 Å². The molecule has 0 saturated carbocycles. The number of piperidine rings is 1. The lowest BCUT2D eigenvalue weighted by molar-refractivity contribution is 0.0506. The summed E-state index contributed by atoms with van der Waals surface area (Å²) in [5.74, 6) is 0.370. The van der Waals surface area contributed by atoms with Gasteiger partial charge in [-0.3, -0.25) is 4.90 Å². The van der Waals surface area contributed by atoms with Crippen molar-refractivity contribution in [1.82, 2.24) is 10.2 Å². The number of rotatable bonds is 5. The number of nitrogens with one attached hydrogen (secondary N) is 1. The molecule has 2 heterocycles. The Morgan fingerprint density at radius 2 is 2.10 bits per heavy atom. The number of carbonyl (C=O) groups excluding carboxylic acids is 1. The first-order valence-corrected chi connectivity index (χ1v) is 10.5. The molecule has 6 nitrogen and oxygen atoms in total. The normalized spacial score (nSPS) is 18.0. The van der Waals surface area contributed by atoms with Crippen molar-refractivity contribution in [3.8, 4) is 0 Å². The van der Waals surface area contributed by atoms with E-state index in [1.165, 1.54) is 0 Å². The monoisotopic (exact) mass is 400 g/mol. The van der Waals surface area contributed by atoms with Crippen molar-refractivity contribution in [2.75, 3.05) is 19.6 Å². The molecule has 29 heavy (non-hydrogen) atoms. The maximum atomic E-state index is 12.1. The molecule has 1 atom stereocenters. The van der Waals surface area contributed by atoms with Gasteiger partial charge in [0.25, 0.3) is 0 Å². The molecular weight excluding hydrogens is 368 g/mol. The van der Waals surface area contributed by atoms with Gasteiger partial charge in [-0.15, -0.1) is 0 Å². The maximum absolute atomic E-state index is 12.1. The highest BCUT2D eigenvalue weighted by molar-refractivity contribution is 5.80. The molecule has 1 aliphatic rings. The second-order valence-electron chi connectivity index (χ2n) is 8.90. The highest BCUT2D eigenvalue weighted by atomic mass is 16.6. The van der Waals surface area contributed by atoms with E-state index in [1.54, 1.807) is 6.07 Å². The number of hydrogen-bond acceptors (Lipinski definition) is 5. The van der Waals surface area contributed by atoms with Crippen LogP contribution in [0.2, 0.25) is 0 Å². The summed E-state index contributed by atoms with van der Waals surface area (Å²) in [6, 6.07) is 7.72. The van der Waals surface area contributed by atoms with E-state index in [1.807, 2.05) is 26.8 Å². The molecule has 3 rings (SSSR count). The van der Waals surface area contributed by atoms with Crippen LogP contribution in [0.15, 0.2) is 33.5 Å². The third-order valence-corrected chi connectivity index (χ3v) is 5.23. The number of alkyl carbamates (subject to hydrolysis) is 1. The predicted octanol–water partition coefficient (Wildman–Crippen LogP) is 4.09. The van der Waals surface area contributed by atoms with E-state index in [4.69, 9.17) is 9.15 Å². The Hall–Kier alpha value is -2.34. The van der Waals surface area contributed by atoms with Crippen LogP contribution in [0, 0.1) is 5.92 Å². The van der Waals surface area contributed by atoms with Crippen LogP contribution < -0.4 is 10.9 Å². The summed E-state index contributed by atoms with van der Waals surface area (Å²) >= 11 is 0. The summed E-state index contributed by atoms with van der Waals surface area (Å²) in [5.41, 5.74) is 2.02. The molecule has 1 aromatic carbocycles. The van der Waals surface area contributed by atoms with E-state index < -0.39 is 5.60 Å². The summed E-state index contributed by atoms with van der Waals surface area (Å²) in [6.45, 7) is 10.8. The van der Waals surface area contributed by atoms with Gasteiger partial charge < -0.3 is 14.5 Å². The van der Waals surface area contributed by atoms with Gasteiger partial charge in [-0.1, -0.05) is 19.1 Å². The van der Waals surface area contributed by atoms with E-state index in [9.17, 15) is 9.59 Å². The smallest absolute Gasteiger partial charge is 0.407 e. The third-order valence-electron chi connectivity index (χ3n) is 5.23. The molecule has 1 amide bonds. The highest BCUT2D eigenvalue weighted by Crippen LogP contribution is 2.23. The van der Waals surface area contributed by atoms with Crippen LogP contribution in [0.5, 0.6) is 0 Å². The molecule has 1 aliphatic heterocycles. The Bertz CT molecular complexity index is 913. The molecule has 6 heteroatoms. The number of nitrogens with zero attached hydrogens (tertiary/aromatic N) is 1. The van der Waals surface area contributed by atoms with Gasteiger partial charge in [0.05, 0.1) is 0 Å². The quantitative estimate of drug-likeness (QED) is 0.766. The first-order valence-electron chi connectivity index (χ1n) is 10.5. The Morgan fingerprint density at radius 1 is 1.31 bits per heavy atom. The number of fused-ring (bicyclic) bond motifs is 1. The van der Waals surface area contributed by atoms with Gasteiger partial charge in [0, 0.05) is 31.1 Å². The van der Waals surface area contributed by atoms with Crippen LogP contribution in [0.25, 0.3) is 11.0 Å². The summed E-state index contributed by atoms with van der Waals surface area (Å²) in [4.78, 5) is 26.3. The number of likely N-dealkylation sites (tertiary alicyclic amines) is 1. The number of benzene rings is 1. The van der Waals surface area contributed by atoms with E-state index in [-0.39, 0.29) is 11.7 Å². The zero-order valence-electron chi connectivity index (χ0n) is 17.9. The number of carbonyl (C=O) groups is 1. The predicted molar refractivity (Wildman–Crippen MR) is 114 cm³/mol. The Morgan fingerprint density at radius 3 is 2.83 bits per heavy atom. The highest BCUT2D eigenvalue weighted by Gasteiger charge is 2.23. The fraction of sp³-hybridized carbons (Fsp3) is 0.565. The van der Waals surface area contributed by atoms with Gasteiger partial charge >= 0.3 is 11.7 Å². The first kappa shape index (κ1) is 21.4. The number of ether oxygens (including phenoxy) is 1. The van der Waals surface area contributed by atoms with Crippen molar-refractivity contribution in [3.63, 3.8) is 0 Å². The van der Waals surface area contributed by atoms with Crippen molar-refractivity contribution >= 4 is 17.1 Å². The molecular formula is C23H32N2O4. The lowest BCUT2D eigenvalue weighted by Crippen LogP contribution is -2.42. The largest absolute Gasteiger partial charge is 0.444 e. The maximum Gasteiger partial charge on any atom is 0.407 e. The third kappa shape index (κ3) is 6.07. The van der Waals surface area contributed by atoms with Gasteiger partial charge in [0.15, 0.2) is 0 Å². The average molecular weight is 401 g/mol. The van der Waals surface area contributed by atoms with Gasteiger partial charge in [-0.05, 0) is 69.7 Å². The summed E-state index contributed by atoms with van der Waals surface area (Å²) in [6.07, 6.45) is 2.68. The summed E-state index contributed by atoms with van der Waals surface area (Å²) < 4.78 is 10.7. The van der Waals surface area contributed by atoms with Crippen LogP contribution in [0.3, 0.4) is 0 Å². The zero-order valence-corrected chi connectivity index (χ0v) is 17.9. The topological polar surface area (TPSA) is 71.8 Å². The van der Waals surface area contributed by atoms with Gasteiger partial charge in [0.1, 0.15) is 11.2 Å². The van der Waals surface area contributed by atoms with Crippen LogP contribution in [0.1, 0.15) is 51.7 Å². The standard InChI is InChI=1S/C23H32N2O4/c1-5-16-8-9-19-18(12-21(26)28-20(19)11-16)15-25-10-6-7-17(14-25)13-24-22(27)29-23(2,3)4/h8-9,11-12,17H,5-7,10,13-15H2,1-4H3,(H,24,27). The van der Waals surface area contributed by atoms with Crippen molar-refractivity contribution in [2.24, 2.45) is 5.92 Å². The fourth-order valence-corrected chi connectivity index (χ4v) is 3.87. The minimum absolute atomic E-state index is 0.305. The molecule has 1 N–H and O–H groups in total. The minimum Gasteiger partial charge on any atom is -0.444 e. The molecule has 1 saturated heterocycles. The van der Waals surface area contributed by atoms with Crippen molar-refractivity contribution in [2.45, 2.75) is 59.1 Å². The Kier molecular flexibility index (Phi) is 6.63. The van der Waals surface area contributed by atoms with Crippen LogP contribution >= 0.6 is 0 Å². The molecule has 1 fully saturated rings. The van der Waals surface area contributed by atoms with Crippen LogP contribution in [0.4, 0.5) is 4.79 Å². The van der Waals surface area contributed by atoms with Gasteiger partial charge in [-0.25, -0.2) is 9.59 Å². The SMILES string of the molecule is CCc1ccc2c(CN3CCCC(CNC(=O)OC(C)(C)C)C3)cc(=O)oc2c1. The lowest BCUT2D eigenvalue weighted by atomic mass is 9.97. The van der Waals surface area contributed by atoms with Crippen LogP contribution in [-0.4, -0.2) is 36.2 Å². The number of aryl methyl sites for hydroxylation is 1. The van der Waals surface area contributed by atoms with E-state index in [2.05, 4.69) is 29.3 Å². The molecule has 0 bridgehead atoms.